The zero-order chi connectivity index (χ0) is 10.7. The molecule has 0 aromatic heterocycles. The molecule has 1 rings (SSSR count). The van der Waals surface area contributed by atoms with E-state index in [2.05, 4.69) is 37.9 Å². The third-order valence-corrected chi connectivity index (χ3v) is 2.52. The second-order valence-corrected chi connectivity index (χ2v) is 4.00. The summed E-state index contributed by atoms with van der Waals surface area (Å²) in [5.74, 6) is 0.493. The van der Waals surface area contributed by atoms with Crippen LogP contribution in [0.4, 0.5) is 5.69 Å². The van der Waals surface area contributed by atoms with Gasteiger partial charge in [0.25, 0.3) is 0 Å². The Morgan fingerprint density at radius 3 is 2.14 bits per heavy atom. The molecule has 0 saturated heterocycles. The van der Waals surface area contributed by atoms with Crippen LogP contribution >= 0.6 is 11.6 Å². The molecule has 0 bridgehead atoms. The molecule has 0 heterocycles. The number of halogens is 1. The van der Waals surface area contributed by atoms with Crippen molar-refractivity contribution in [2.24, 2.45) is 4.99 Å². The quantitative estimate of drug-likeness (QED) is 0.517. The fourth-order valence-corrected chi connectivity index (χ4v) is 1.63. The molecule has 1 nitrogen and oxygen atoms in total. The van der Waals surface area contributed by atoms with Crippen molar-refractivity contribution in [3.63, 3.8) is 0 Å². The predicted octanol–water partition coefficient (Wildman–Crippen LogP) is 3.94. The van der Waals surface area contributed by atoms with Gasteiger partial charge >= 0.3 is 0 Å². The van der Waals surface area contributed by atoms with E-state index in [1.165, 1.54) is 16.7 Å². The standard InChI is InChI=1S/C12H16ClN/c1-8-5-9(2)12(10(3)6-8)14-11(4)7-13/h5-6H,7H2,1-4H3. The van der Waals surface area contributed by atoms with E-state index in [1.54, 1.807) is 0 Å². The summed E-state index contributed by atoms with van der Waals surface area (Å²) in [4.78, 5) is 4.50. The van der Waals surface area contributed by atoms with Crippen LogP contribution in [0.3, 0.4) is 0 Å². The van der Waals surface area contributed by atoms with Gasteiger partial charge < -0.3 is 0 Å². The number of aryl methyl sites for hydroxylation is 3. The van der Waals surface area contributed by atoms with E-state index in [0.29, 0.717) is 5.88 Å². The van der Waals surface area contributed by atoms with Gasteiger partial charge in [-0.2, -0.15) is 0 Å². The average Bonchev–Trinajstić information content (AvgIpc) is 2.10. The molecule has 0 unspecified atom stereocenters. The number of hydrogen-bond acceptors (Lipinski definition) is 1. The van der Waals surface area contributed by atoms with Gasteiger partial charge in [0, 0.05) is 5.71 Å². The van der Waals surface area contributed by atoms with Gasteiger partial charge in [-0.3, -0.25) is 4.99 Å². The first-order valence-corrected chi connectivity index (χ1v) is 5.26. The molecule has 14 heavy (non-hydrogen) atoms. The minimum atomic E-state index is 0.493. The van der Waals surface area contributed by atoms with Crippen molar-refractivity contribution in [1.82, 2.24) is 0 Å². The number of nitrogens with zero attached hydrogens (tertiary/aromatic N) is 1. The van der Waals surface area contributed by atoms with Crippen LogP contribution in [-0.4, -0.2) is 11.6 Å². The van der Waals surface area contributed by atoms with Crippen molar-refractivity contribution in [2.75, 3.05) is 5.88 Å². The fourth-order valence-electron chi connectivity index (χ4n) is 1.57. The number of hydrogen-bond donors (Lipinski definition) is 0. The van der Waals surface area contributed by atoms with E-state index in [1.807, 2.05) is 6.92 Å². The van der Waals surface area contributed by atoms with Crippen molar-refractivity contribution in [3.8, 4) is 0 Å². The topological polar surface area (TPSA) is 12.4 Å². The normalized spacial score (nSPS) is 11.9. The maximum atomic E-state index is 5.71. The van der Waals surface area contributed by atoms with Crippen LogP contribution < -0.4 is 0 Å². The summed E-state index contributed by atoms with van der Waals surface area (Å²) in [6.07, 6.45) is 0. The summed E-state index contributed by atoms with van der Waals surface area (Å²) in [6.45, 7) is 8.22. The summed E-state index contributed by atoms with van der Waals surface area (Å²) in [6, 6.07) is 4.29. The molecule has 0 atom stereocenters. The maximum absolute atomic E-state index is 5.71. The first-order valence-electron chi connectivity index (χ1n) is 4.72. The Labute approximate surface area is 90.8 Å². The van der Waals surface area contributed by atoms with E-state index < -0.39 is 0 Å². The minimum absolute atomic E-state index is 0.493. The Hall–Kier alpha value is -0.820. The molecule has 0 N–H and O–H groups in total. The molecule has 0 aliphatic heterocycles. The molecule has 0 fully saturated rings. The van der Waals surface area contributed by atoms with Gasteiger partial charge in [0.1, 0.15) is 0 Å². The third-order valence-electron chi connectivity index (χ3n) is 2.13. The third kappa shape index (κ3) is 2.58. The van der Waals surface area contributed by atoms with Crippen molar-refractivity contribution in [1.29, 1.82) is 0 Å². The zero-order valence-corrected chi connectivity index (χ0v) is 9.94. The lowest BCUT2D eigenvalue weighted by Gasteiger charge is -2.07. The zero-order valence-electron chi connectivity index (χ0n) is 9.19. The number of alkyl halides is 1. The highest BCUT2D eigenvalue weighted by Gasteiger charge is 2.02. The Bertz CT molecular complexity index is 344. The van der Waals surface area contributed by atoms with Crippen LogP contribution in [0.15, 0.2) is 17.1 Å². The summed E-state index contributed by atoms with van der Waals surface area (Å²) in [5.41, 5.74) is 5.73. The van der Waals surface area contributed by atoms with Gasteiger partial charge in [-0.25, -0.2) is 0 Å². The summed E-state index contributed by atoms with van der Waals surface area (Å²) < 4.78 is 0. The summed E-state index contributed by atoms with van der Waals surface area (Å²) in [5, 5.41) is 0. The van der Waals surface area contributed by atoms with E-state index in [4.69, 9.17) is 11.6 Å². The number of aliphatic imine (C=N–C) groups is 1. The van der Waals surface area contributed by atoms with E-state index >= 15 is 0 Å². The van der Waals surface area contributed by atoms with E-state index in [9.17, 15) is 0 Å². The molecule has 0 aliphatic carbocycles. The van der Waals surface area contributed by atoms with Crippen LogP contribution in [0.1, 0.15) is 23.6 Å². The van der Waals surface area contributed by atoms with Crippen molar-refractivity contribution in [3.05, 3.63) is 28.8 Å². The van der Waals surface area contributed by atoms with Crippen LogP contribution in [0.25, 0.3) is 0 Å². The number of rotatable bonds is 2. The van der Waals surface area contributed by atoms with Crippen LogP contribution in [0.5, 0.6) is 0 Å². The van der Waals surface area contributed by atoms with Gasteiger partial charge in [-0.15, -0.1) is 11.6 Å². The molecule has 2 heteroatoms. The molecule has 1 aromatic rings. The average molecular weight is 210 g/mol. The van der Waals surface area contributed by atoms with E-state index in [-0.39, 0.29) is 0 Å². The Morgan fingerprint density at radius 1 is 1.21 bits per heavy atom. The highest BCUT2D eigenvalue weighted by atomic mass is 35.5. The molecule has 76 valence electrons. The molecule has 0 amide bonds. The number of benzene rings is 1. The smallest absolute Gasteiger partial charge is 0.0687 e. The largest absolute Gasteiger partial charge is 0.256 e. The van der Waals surface area contributed by atoms with Crippen molar-refractivity contribution >= 4 is 23.0 Å². The van der Waals surface area contributed by atoms with Crippen LogP contribution in [0.2, 0.25) is 0 Å². The van der Waals surface area contributed by atoms with Gasteiger partial charge in [0.2, 0.25) is 0 Å². The predicted molar refractivity (Wildman–Crippen MR) is 64.1 cm³/mol. The van der Waals surface area contributed by atoms with Gasteiger partial charge in [0.15, 0.2) is 0 Å². The van der Waals surface area contributed by atoms with Crippen LogP contribution in [0, 0.1) is 20.8 Å². The lowest BCUT2D eigenvalue weighted by atomic mass is 10.1. The lowest BCUT2D eigenvalue weighted by Crippen LogP contribution is -1.93. The first kappa shape index (κ1) is 11.3. The van der Waals surface area contributed by atoms with E-state index in [0.717, 1.165) is 11.4 Å². The lowest BCUT2D eigenvalue weighted by molar-refractivity contribution is 1.28. The maximum Gasteiger partial charge on any atom is 0.0687 e. The van der Waals surface area contributed by atoms with Crippen molar-refractivity contribution in [2.45, 2.75) is 27.7 Å². The minimum Gasteiger partial charge on any atom is -0.256 e. The van der Waals surface area contributed by atoms with Gasteiger partial charge in [0.05, 0.1) is 11.6 Å². The fraction of sp³-hybridized carbons (Fsp3) is 0.417. The molecular weight excluding hydrogens is 194 g/mol. The highest BCUT2D eigenvalue weighted by molar-refractivity contribution is 6.28. The Kier molecular flexibility index (Phi) is 3.70. The molecule has 1 aromatic carbocycles. The summed E-state index contributed by atoms with van der Waals surface area (Å²) in [7, 11) is 0. The van der Waals surface area contributed by atoms with Gasteiger partial charge in [-0.05, 0) is 38.8 Å². The summed E-state index contributed by atoms with van der Waals surface area (Å²) >= 11 is 5.71. The Morgan fingerprint density at radius 2 is 1.71 bits per heavy atom. The van der Waals surface area contributed by atoms with Crippen LogP contribution in [-0.2, 0) is 0 Å². The van der Waals surface area contributed by atoms with Gasteiger partial charge in [-0.1, -0.05) is 17.7 Å². The molecule has 0 spiro atoms. The molecule has 0 saturated carbocycles. The highest BCUT2D eigenvalue weighted by Crippen LogP contribution is 2.25. The first-order chi connectivity index (χ1) is 6.54. The Balaban J connectivity index is 3.21. The molecular formula is C12H16ClN. The monoisotopic (exact) mass is 209 g/mol. The van der Waals surface area contributed by atoms with Crippen molar-refractivity contribution < 1.29 is 0 Å². The molecule has 0 aliphatic rings. The molecule has 0 radical (unpaired) electrons. The second kappa shape index (κ2) is 4.61. The SMILES string of the molecule is CC(CCl)=Nc1c(C)cc(C)cc1C. The second-order valence-electron chi connectivity index (χ2n) is 3.73.